The van der Waals surface area contributed by atoms with Gasteiger partial charge in [-0.3, -0.25) is 14.9 Å². The lowest BCUT2D eigenvalue weighted by molar-refractivity contribution is -0.139. The van der Waals surface area contributed by atoms with Gasteiger partial charge in [0.15, 0.2) is 0 Å². The highest BCUT2D eigenvalue weighted by molar-refractivity contribution is 5.89. The maximum atomic E-state index is 13.4. The lowest BCUT2D eigenvalue weighted by Crippen LogP contribution is -2.53. The van der Waals surface area contributed by atoms with E-state index in [4.69, 9.17) is 16.2 Å². The fraction of sp³-hybridized carbons (Fsp3) is 0.300. The van der Waals surface area contributed by atoms with Crippen molar-refractivity contribution in [2.45, 2.75) is 52.1 Å². The Morgan fingerprint density at radius 3 is 2.11 bits per heavy atom. The summed E-state index contributed by atoms with van der Waals surface area (Å²) >= 11 is 0. The van der Waals surface area contributed by atoms with Gasteiger partial charge >= 0.3 is 6.09 Å². The van der Waals surface area contributed by atoms with Crippen LogP contribution in [0.1, 0.15) is 35.6 Å². The van der Waals surface area contributed by atoms with Crippen LogP contribution < -0.4 is 21.5 Å². The second-order valence-corrected chi connectivity index (χ2v) is 9.43. The molecule has 0 aliphatic heterocycles. The minimum Gasteiger partial charge on any atom is -0.410 e. The summed E-state index contributed by atoms with van der Waals surface area (Å²) in [5, 5.41) is 2.68. The van der Waals surface area contributed by atoms with E-state index in [9.17, 15) is 14.4 Å². The summed E-state index contributed by atoms with van der Waals surface area (Å²) in [6.45, 7) is 5.75. The number of carbonyl (C=O) groups excluding carboxylic acids is 3. The van der Waals surface area contributed by atoms with Crippen LogP contribution in [0, 0.1) is 13.8 Å². The van der Waals surface area contributed by atoms with Crippen LogP contribution in [0.2, 0.25) is 0 Å². The van der Waals surface area contributed by atoms with Crippen molar-refractivity contribution in [3.63, 3.8) is 0 Å². The van der Waals surface area contributed by atoms with Gasteiger partial charge in [-0.1, -0.05) is 48.5 Å². The summed E-state index contributed by atoms with van der Waals surface area (Å²) in [5.74, 6) is -0.513. The molecule has 8 heteroatoms. The summed E-state index contributed by atoms with van der Waals surface area (Å²) in [6.07, 6.45) is 1.12. The minimum absolute atomic E-state index is 0.271. The molecule has 38 heavy (non-hydrogen) atoms. The van der Waals surface area contributed by atoms with Crippen LogP contribution in [0.5, 0.6) is 5.75 Å². The first kappa shape index (κ1) is 28.4. The average molecular weight is 517 g/mol. The largest absolute Gasteiger partial charge is 0.417 e. The highest BCUT2D eigenvalue weighted by atomic mass is 16.6. The number of hydrogen-bond donors (Lipinski definition) is 3. The number of aryl methyl sites for hydroxylation is 3. The van der Waals surface area contributed by atoms with E-state index in [0.29, 0.717) is 24.4 Å². The molecular weight excluding hydrogens is 480 g/mol. The molecule has 3 aromatic carbocycles. The molecule has 0 bridgehead atoms. The predicted molar refractivity (Wildman–Crippen MR) is 149 cm³/mol. The van der Waals surface area contributed by atoms with Gasteiger partial charge in [0, 0.05) is 12.2 Å². The molecule has 0 saturated carbocycles. The van der Waals surface area contributed by atoms with E-state index in [1.165, 1.54) is 4.90 Å². The van der Waals surface area contributed by atoms with E-state index in [2.05, 4.69) is 5.32 Å². The van der Waals surface area contributed by atoms with Crippen molar-refractivity contribution in [2.75, 3.05) is 11.9 Å². The Bertz CT molecular complexity index is 1220. The molecule has 8 nitrogen and oxygen atoms in total. The number of primary amides is 1. The Labute approximate surface area is 224 Å². The van der Waals surface area contributed by atoms with Crippen LogP contribution in [-0.4, -0.2) is 41.4 Å². The quantitative estimate of drug-likeness (QED) is 0.353. The summed E-state index contributed by atoms with van der Waals surface area (Å²) in [7, 11) is 0. The maximum Gasteiger partial charge on any atom is 0.417 e. The second kappa shape index (κ2) is 13.4. The van der Waals surface area contributed by atoms with E-state index in [1.54, 1.807) is 31.2 Å². The summed E-state index contributed by atoms with van der Waals surface area (Å²) < 4.78 is 5.46. The molecule has 0 aliphatic carbocycles. The maximum absolute atomic E-state index is 13.4. The predicted octanol–water partition coefficient (Wildman–Crippen LogP) is 4.12. The molecule has 0 fully saturated rings. The average Bonchev–Trinajstić information content (AvgIpc) is 2.89. The van der Waals surface area contributed by atoms with Gasteiger partial charge in [-0.05, 0) is 86.6 Å². The third kappa shape index (κ3) is 7.91. The monoisotopic (exact) mass is 516 g/mol. The first-order valence-corrected chi connectivity index (χ1v) is 12.7. The van der Waals surface area contributed by atoms with Gasteiger partial charge in [-0.2, -0.15) is 0 Å². The lowest BCUT2D eigenvalue weighted by atomic mass is 9.95. The zero-order valence-electron chi connectivity index (χ0n) is 22.1. The highest BCUT2D eigenvalue weighted by Gasteiger charge is 2.28. The number of nitrogens with zero attached hydrogens (tertiary/aromatic N) is 1. The number of nitrogens with one attached hydrogen (secondary N) is 1. The molecule has 0 aliphatic rings. The zero-order valence-corrected chi connectivity index (χ0v) is 22.1. The first-order chi connectivity index (χ1) is 18.2. The number of anilines is 1. The van der Waals surface area contributed by atoms with Crippen LogP contribution in [0.4, 0.5) is 10.5 Å². The SMILES string of the molecule is Cc1cc(OC(=O)Nc2ccccc2)cc(C)c1C[C@@H](N)C(=O)N(CCCc1ccccc1)[C@H](C)C(N)=O. The molecule has 0 saturated heterocycles. The van der Waals surface area contributed by atoms with Crippen molar-refractivity contribution in [1.29, 1.82) is 0 Å². The van der Waals surface area contributed by atoms with Gasteiger partial charge < -0.3 is 21.1 Å². The molecule has 3 rings (SSSR count). The number of hydrogen-bond acceptors (Lipinski definition) is 5. The third-order valence-corrected chi connectivity index (χ3v) is 6.51. The van der Waals surface area contributed by atoms with Crippen molar-refractivity contribution < 1.29 is 19.1 Å². The van der Waals surface area contributed by atoms with Gasteiger partial charge in [-0.15, -0.1) is 0 Å². The highest BCUT2D eigenvalue weighted by Crippen LogP contribution is 2.24. The third-order valence-electron chi connectivity index (χ3n) is 6.51. The Balaban J connectivity index is 1.66. The van der Waals surface area contributed by atoms with Crippen molar-refractivity contribution in [1.82, 2.24) is 4.90 Å². The van der Waals surface area contributed by atoms with Crippen molar-refractivity contribution in [2.24, 2.45) is 11.5 Å². The van der Waals surface area contributed by atoms with Gasteiger partial charge in [0.1, 0.15) is 11.8 Å². The normalized spacial score (nSPS) is 12.3. The molecule has 3 aromatic rings. The number of carbonyl (C=O) groups is 3. The number of para-hydroxylation sites is 1. The second-order valence-electron chi connectivity index (χ2n) is 9.43. The van der Waals surface area contributed by atoms with E-state index in [0.717, 1.165) is 28.7 Å². The first-order valence-electron chi connectivity index (χ1n) is 12.7. The zero-order chi connectivity index (χ0) is 27.7. The molecule has 200 valence electrons. The Hall–Kier alpha value is -4.17. The van der Waals surface area contributed by atoms with Crippen molar-refractivity contribution >= 4 is 23.6 Å². The van der Waals surface area contributed by atoms with Gasteiger partial charge in [0.25, 0.3) is 0 Å². The molecule has 5 N–H and O–H groups in total. The van der Waals surface area contributed by atoms with Crippen LogP contribution in [-0.2, 0) is 22.4 Å². The van der Waals surface area contributed by atoms with Crippen LogP contribution in [0.25, 0.3) is 0 Å². The number of rotatable bonds is 11. The molecule has 2 atom stereocenters. The van der Waals surface area contributed by atoms with E-state index >= 15 is 0 Å². The fourth-order valence-corrected chi connectivity index (χ4v) is 4.37. The Morgan fingerprint density at radius 1 is 0.947 bits per heavy atom. The van der Waals surface area contributed by atoms with E-state index in [1.807, 2.05) is 62.4 Å². The van der Waals surface area contributed by atoms with E-state index in [-0.39, 0.29) is 12.3 Å². The molecular formula is C30H36N4O4. The molecule has 0 radical (unpaired) electrons. The van der Waals surface area contributed by atoms with Crippen LogP contribution in [0.15, 0.2) is 72.8 Å². The van der Waals surface area contributed by atoms with Gasteiger partial charge in [0.2, 0.25) is 11.8 Å². The van der Waals surface area contributed by atoms with Gasteiger partial charge in [-0.25, -0.2) is 4.79 Å². The van der Waals surface area contributed by atoms with Crippen molar-refractivity contribution in [3.8, 4) is 5.75 Å². The van der Waals surface area contributed by atoms with E-state index < -0.39 is 24.1 Å². The van der Waals surface area contributed by atoms with Gasteiger partial charge in [0.05, 0.1) is 6.04 Å². The topological polar surface area (TPSA) is 128 Å². The summed E-state index contributed by atoms with van der Waals surface area (Å²) in [4.78, 5) is 39.1. The number of ether oxygens (including phenoxy) is 1. The number of benzene rings is 3. The van der Waals surface area contributed by atoms with Crippen LogP contribution in [0.3, 0.4) is 0 Å². The van der Waals surface area contributed by atoms with Crippen molar-refractivity contribution in [3.05, 3.63) is 95.1 Å². The fourth-order valence-electron chi connectivity index (χ4n) is 4.37. The Morgan fingerprint density at radius 2 is 1.53 bits per heavy atom. The molecule has 0 heterocycles. The minimum atomic E-state index is -0.862. The molecule has 0 unspecified atom stereocenters. The number of nitrogens with two attached hydrogens (primary N) is 2. The number of amides is 3. The lowest BCUT2D eigenvalue weighted by Gasteiger charge is -2.30. The summed E-state index contributed by atoms with van der Waals surface area (Å²) in [5.41, 5.74) is 16.3. The molecule has 3 amide bonds. The smallest absolute Gasteiger partial charge is 0.410 e. The standard InChI is InChI=1S/C30H36N4O4/c1-20-17-25(38-30(37)33-24-14-8-5-9-15-24)18-21(2)26(20)19-27(31)29(36)34(22(3)28(32)35)16-10-13-23-11-6-4-7-12-23/h4-9,11-12,14-15,17-18,22,27H,10,13,16,19,31H2,1-3H3,(H2,32,35)(H,33,37)/t22-,27-/m1/s1. The molecule has 0 aromatic heterocycles. The molecule has 0 spiro atoms. The Kier molecular flexibility index (Phi) is 10.0. The van der Waals surface area contributed by atoms with Crippen LogP contribution >= 0.6 is 0 Å². The summed E-state index contributed by atoms with van der Waals surface area (Å²) in [6, 6.07) is 20.8.